The van der Waals surface area contributed by atoms with Crippen molar-refractivity contribution in [3.8, 4) is 0 Å². The number of anilines is 2. The average Bonchev–Trinajstić information content (AvgIpc) is 3.03. The summed E-state index contributed by atoms with van der Waals surface area (Å²) in [5, 5.41) is 10.1. The quantitative estimate of drug-likeness (QED) is 0.123. The van der Waals surface area contributed by atoms with E-state index in [-0.39, 0.29) is 22.4 Å². The lowest BCUT2D eigenvalue weighted by Crippen LogP contribution is -2.30. The van der Waals surface area contributed by atoms with Crippen LogP contribution >= 0.6 is 11.8 Å². The molecule has 0 saturated heterocycles. The number of benzene rings is 5. The zero-order chi connectivity index (χ0) is 30.2. The SMILES string of the molecule is CC(Sc1ccc(NC(=O)/C(=C/c2ccccc2F)NC(=O)c2ccccc2)cc1)C(=O)Nc1ccc2ccccc2c1. The fourth-order valence-electron chi connectivity index (χ4n) is 4.27. The predicted molar refractivity (Wildman–Crippen MR) is 171 cm³/mol. The van der Waals surface area contributed by atoms with Crippen LogP contribution in [0.2, 0.25) is 0 Å². The molecule has 6 nitrogen and oxygen atoms in total. The number of fused-ring (bicyclic) bond motifs is 1. The molecule has 5 aromatic rings. The van der Waals surface area contributed by atoms with Gasteiger partial charge in [0.1, 0.15) is 11.5 Å². The van der Waals surface area contributed by atoms with Crippen LogP contribution in [-0.2, 0) is 9.59 Å². The summed E-state index contributed by atoms with van der Waals surface area (Å²) in [5.41, 5.74) is 1.60. The van der Waals surface area contributed by atoms with Gasteiger partial charge in [0, 0.05) is 27.4 Å². The highest BCUT2D eigenvalue weighted by Crippen LogP contribution is 2.27. The minimum atomic E-state index is -0.615. The molecule has 0 bridgehead atoms. The van der Waals surface area contributed by atoms with E-state index in [0.29, 0.717) is 11.3 Å². The normalized spacial score (nSPS) is 11.9. The molecular weight excluding hydrogens is 561 g/mol. The number of carbonyl (C=O) groups is 3. The van der Waals surface area contributed by atoms with Gasteiger partial charge in [-0.15, -0.1) is 11.8 Å². The summed E-state index contributed by atoms with van der Waals surface area (Å²) in [6.07, 6.45) is 1.30. The maximum Gasteiger partial charge on any atom is 0.272 e. The van der Waals surface area contributed by atoms with E-state index in [1.54, 1.807) is 66.7 Å². The molecule has 0 aliphatic rings. The number of carbonyl (C=O) groups excluding carboxylic acids is 3. The molecule has 0 aromatic heterocycles. The van der Waals surface area contributed by atoms with Crippen LogP contribution in [0.25, 0.3) is 16.8 Å². The molecule has 0 spiro atoms. The molecular formula is C35H28FN3O3S. The van der Waals surface area contributed by atoms with E-state index in [1.165, 1.54) is 30.0 Å². The van der Waals surface area contributed by atoms with Gasteiger partial charge < -0.3 is 16.0 Å². The number of hydrogen-bond donors (Lipinski definition) is 3. The summed E-state index contributed by atoms with van der Waals surface area (Å²) in [4.78, 5) is 39.7. The van der Waals surface area contributed by atoms with Crippen molar-refractivity contribution in [1.29, 1.82) is 0 Å². The van der Waals surface area contributed by atoms with E-state index in [0.717, 1.165) is 21.4 Å². The van der Waals surface area contributed by atoms with Crippen LogP contribution in [0.1, 0.15) is 22.8 Å². The second-order valence-electron chi connectivity index (χ2n) is 9.69. The second-order valence-corrected chi connectivity index (χ2v) is 11.1. The highest BCUT2D eigenvalue weighted by atomic mass is 32.2. The zero-order valence-corrected chi connectivity index (χ0v) is 24.0. The second kappa shape index (κ2) is 13.6. The fourth-order valence-corrected chi connectivity index (χ4v) is 5.14. The van der Waals surface area contributed by atoms with Crippen molar-refractivity contribution in [3.05, 3.63) is 144 Å². The first kappa shape index (κ1) is 29.3. The van der Waals surface area contributed by atoms with E-state index >= 15 is 0 Å². The number of amides is 3. The number of rotatable bonds is 9. The molecule has 43 heavy (non-hydrogen) atoms. The molecule has 3 amide bonds. The number of nitrogens with one attached hydrogen (secondary N) is 3. The van der Waals surface area contributed by atoms with Crippen LogP contribution in [0.5, 0.6) is 0 Å². The van der Waals surface area contributed by atoms with Gasteiger partial charge in [0.25, 0.3) is 11.8 Å². The van der Waals surface area contributed by atoms with E-state index < -0.39 is 17.6 Å². The molecule has 8 heteroatoms. The van der Waals surface area contributed by atoms with Gasteiger partial charge in [-0.2, -0.15) is 0 Å². The Morgan fingerprint density at radius 3 is 2.12 bits per heavy atom. The molecule has 5 rings (SSSR count). The first-order valence-corrected chi connectivity index (χ1v) is 14.4. The topological polar surface area (TPSA) is 87.3 Å². The molecule has 5 aromatic carbocycles. The van der Waals surface area contributed by atoms with Crippen LogP contribution in [0.15, 0.2) is 132 Å². The monoisotopic (exact) mass is 589 g/mol. The third-order valence-corrected chi connectivity index (χ3v) is 7.66. The van der Waals surface area contributed by atoms with Crippen molar-refractivity contribution >= 4 is 57.7 Å². The lowest BCUT2D eigenvalue weighted by Gasteiger charge is -2.14. The van der Waals surface area contributed by atoms with Crippen molar-refractivity contribution < 1.29 is 18.8 Å². The van der Waals surface area contributed by atoms with Crippen LogP contribution < -0.4 is 16.0 Å². The minimum Gasteiger partial charge on any atom is -0.325 e. The summed E-state index contributed by atoms with van der Waals surface area (Å²) in [7, 11) is 0. The van der Waals surface area contributed by atoms with E-state index in [2.05, 4.69) is 16.0 Å². The number of halogens is 1. The fraction of sp³-hybridized carbons (Fsp3) is 0.0571. The first-order chi connectivity index (χ1) is 20.9. The van der Waals surface area contributed by atoms with E-state index in [1.807, 2.05) is 49.4 Å². The Morgan fingerprint density at radius 1 is 0.721 bits per heavy atom. The maximum absolute atomic E-state index is 14.4. The van der Waals surface area contributed by atoms with Crippen LogP contribution in [0, 0.1) is 5.82 Å². The molecule has 0 saturated carbocycles. The van der Waals surface area contributed by atoms with Gasteiger partial charge in [0.15, 0.2) is 0 Å². The van der Waals surface area contributed by atoms with Crippen LogP contribution in [0.3, 0.4) is 0 Å². The molecule has 0 heterocycles. The summed E-state index contributed by atoms with van der Waals surface area (Å²) < 4.78 is 14.4. The van der Waals surface area contributed by atoms with Gasteiger partial charge in [-0.25, -0.2) is 4.39 Å². The zero-order valence-electron chi connectivity index (χ0n) is 23.2. The third-order valence-electron chi connectivity index (χ3n) is 6.55. The van der Waals surface area contributed by atoms with Crippen LogP contribution in [0.4, 0.5) is 15.8 Å². The Balaban J connectivity index is 1.24. The maximum atomic E-state index is 14.4. The van der Waals surface area contributed by atoms with Crippen molar-refractivity contribution in [3.63, 3.8) is 0 Å². The number of hydrogen-bond acceptors (Lipinski definition) is 4. The molecule has 0 aliphatic heterocycles. The van der Waals surface area contributed by atoms with Crippen molar-refractivity contribution in [2.75, 3.05) is 10.6 Å². The minimum absolute atomic E-state index is 0.114. The predicted octanol–water partition coefficient (Wildman–Crippen LogP) is 7.51. The summed E-state index contributed by atoms with van der Waals surface area (Å²) in [5.74, 6) is -1.77. The first-order valence-electron chi connectivity index (χ1n) is 13.6. The molecule has 0 radical (unpaired) electrons. The molecule has 0 fully saturated rings. The van der Waals surface area contributed by atoms with Gasteiger partial charge in [-0.1, -0.05) is 66.7 Å². The highest BCUT2D eigenvalue weighted by Gasteiger charge is 2.17. The Bertz CT molecular complexity index is 1810. The van der Waals surface area contributed by atoms with Crippen molar-refractivity contribution in [2.24, 2.45) is 0 Å². The van der Waals surface area contributed by atoms with Gasteiger partial charge in [0.2, 0.25) is 5.91 Å². The molecule has 3 N–H and O–H groups in total. The van der Waals surface area contributed by atoms with E-state index in [9.17, 15) is 18.8 Å². The molecule has 1 atom stereocenters. The molecule has 1 unspecified atom stereocenters. The average molecular weight is 590 g/mol. The third kappa shape index (κ3) is 7.75. The van der Waals surface area contributed by atoms with Crippen LogP contribution in [-0.4, -0.2) is 23.0 Å². The lowest BCUT2D eigenvalue weighted by atomic mass is 10.1. The molecule has 214 valence electrons. The smallest absolute Gasteiger partial charge is 0.272 e. The van der Waals surface area contributed by atoms with Gasteiger partial charge in [-0.3, -0.25) is 14.4 Å². The summed E-state index contributed by atoms with van der Waals surface area (Å²) in [6.45, 7) is 1.83. The Labute approximate surface area is 253 Å². The molecule has 0 aliphatic carbocycles. The van der Waals surface area contributed by atoms with Crippen molar-refractivity contribution in [1.82, 2.24) is 5.32 Å². The standard InChI is InChI=1S/C35H28FN3O3S/c1-23(33(40)38-29-16-15-24-9-5-6-12-26(24)21-29)43-30-19-17-28(18-20-30)37-35(42)32(22-27-13-7-8-14-31(27)36)39-34(41)25-10-3-2-4-11-25/h2-23H,1H3,(H,37,42)(H,38,40)(H,39,41)/b32-22-. The Kier molecular flexibility index (Phi) is 9.29. The lowest BCUT2D eigenvalue weighted by molar-refractivity contribution is -0.115. The number of thioether (sulfide) groups is 1. The Hall–Kier alpha value is -5.21. The van der Waals surface area contributed by atoms with Gasteiger partial charge >= 0.3 is 0 Å². The van der Waals surface area contributed by atoms with Crippen molar-refractivity contribution in [2.45, 2.75) is 17.1 Å². The Morgan fingerprint density at radius 2 is 1.37 bits per heavy atom. The summed E-state index contributed by atoms with van der Waals surface area (Å²) in [6, 6.07) is 35.2. The van der Waals surface area contributed by atoms with Gasteiger partial charge in [0.05, 0.1) is 5.25 Å². The van der Waals surface area contributed by atoms with E-state index in [4.69, 9.17) is 0 Å². The summed E-state index contributed by atoms with van der Waals surface area (Å²) >= 11 is 1.38. The van der Waals surface area contributed by atoms with Gasteiger partial charge in [-0.05, 0) is 78.4 Å². The largest absolute Gasteiger partial charge is 0.325 e. The highest BCUT2D eigenvalue weighted by molar-refractivity contribution is 8.00.